The Morgan fingerprint density at radius 2 is 1.84 bits per heavy atom. The van der Waals surface area contributed by atoms with Crippen LogP contribution in [-0.2, 0) is 13.0 Å². The van der Waals surface area contributed by atoms with Crippen LogP contribution in [0.25, 0.3) is 22.4 Å². The quantitative estimate of drug-likeness (QED) is 0.351. The first kappa shape index (κ1) is 24.1. The fourth-order valence-corrected chi connectivity index (χ4v) is 4.68. The van der Waals surface area contributed by atoms with Crippen LogP contribution in [0.15, 0.2) is 78.9 Å². The van der Waals surface area contributed by atoms with Crippen molar-refractivity contribution in [2.75, 3.05) is 11.4 Å². The van der Waals surface area contributed by atoms with E-state index >= 15 is 0 Å². The average Bonchev–Trinajstić information content (AvgIpc) is 2.91. The van der Waals surface area contributed by atoms with Gasteiger partial charge in [0, 0.05) is 23.4 Å². The number of urea groups is 1. The highest BCUT2D eigenvalue weighted by molar-refractivity contribution is 5.95. The van der Waals surface area contributed by atoms with Crippen molar-refractivity contribution in [2.24, 2.45) is 5.73 Å². The zero-order valence-electron chi connectivity index (χ0n) is 20.5. The molecule has 0 fully saturated rings. The van der Waals surface area contributed by atoms with Crippen LogP contribution in [0.4, 0.5) is 10.5 Å². The normalized spacial score (nSPS) is 12.6. The number of amides is 2. The summed E-state index contributed by atoms with van der Waals surface area (Å²) in [5, 5.41) is 10.00. The maximum absolute atomic E-state index is 12.2. The Morgan fingerprint density at radius 3 is 2.62 bits per heavy atom. The number of anilines is 1. The summed E-state index contributed by atoms with van der Waals surface area (Å²) < 4.78 is 5.92. The predicted molar refractivity (Wildman–Crippen MR) is 143 cm³/mol. The number of aromatic nitrogens is 1. The summed E-state index contributed by atoms with van der Waals surface area (Å²) in [6, 6.07) is 24.2. The lowest BCUT2D eigenvalue weighted by Crippen LogP contribution is -2.39. The van der Waals surface area contributed by atoms with Crippen molar-refractivity contribution in [1.29, 1.82) is 0 Å². The van der Waals surface area contributed by atoms with E-state index in [1.54, 1.807) is 17.0 Å². The third-order valence-corrected chi connectivity index (χ3v) is 6.50. The van der Waals surface area contributed by atoms with Crippen LogP contribution in [0.2, 0.25) is 0 Å². The molecule has 0 saturated carbocycles. The summed E-state index contributed by atoms with van der Waals surface area (Å²) in [6.07, 6.45) is 1.70. The number of aryl methyl sites for hydroxylation is 2. The van der Waals surface area contributed by atoms with E-state index in [-0.39, 0.29) is 5.69 Å². The number of hydrogen-bond donors (Lipinski definition) is 2. The van der Waals surface area contributed by atoms with Gasteiger partial charge in [-0.05, 0) is 78.4 Å². The Hall–Kier alpha value is -4.65. The molecule has 3 aromatic carbocycles. The third-order valence-electron chi connectivity index (χ3n) is 6.50. The van der Waals surface area contributed by atoms with Gasteiger partial charge in [0.1, 0.15) is 12.4 Å². The first-order valence-electron chi connectivity index (χ1n) is 12.1. The monoisotopic (exact) mass is 493 g/mol. The standard InChI is InChI=1S/C30H27N3O4/c1-19-5-2-9-24(15-19)37-18-20-6-3-7-22(16-20)25-12-13-26(32-28(25)29(34)35)23-11-10-21-8-4-14-33(30(31)36)27(21)17-23/h2-3,5-7,9-13,15-17H,4,8,14,18H2,1H3,(H2,31,36)(H,34,35). The molecule has 0 spiro atoms. The summed E-state index contributed by atoms with van der Waals surface area (Å²) in [5.41, 5.74) is 11.8. The topological polar surface area (TPSA) is 106 Å². The number of carboxylic acids is 1. The fourth-order valence-electron chi connectivity index (χ4n) is 4.68. The number of ether oxygens (including phenoxy) is 1. The van der Waals surface area contributed by atoms with Crippen molar-refractivity contribution in [3.05, 3.63) is 101 Å². The number of primary amides is 1. The Kier molecular flexibility index (Phi) is 6.60. The number of nitrogens with two attached hydrogens (primary N) is 1. The highest BCUT2D eigenvalue weighted by atomic mass is 16.5. The molecule has 7 nitrogen and oxygen atoms in total. The number of benzene rings is 3. The number of aromatic carboxylic acids is 1. The maximum atomic E-state index is 12.2. The molecule has 0 atom stereocenters. The summed E-state index contributed by atoms with van der Waals surface area (Å²) in [5.74, 6) is -0.336. The second kappa shape index (κ2) is 10.1. The van der Waals surface area contributed by atoms with Gasteiger partial charge >= 0.3 is 12.0 Å². The van der Waals surface area contributed by atoms with E-state index in [0.717, 1.165) is 52.1 Å². The number of rotatable bonds is 6. The SMILES string of the molecule is Cc1cccc(OCc2cccc(-c3ccc(-c4ccc5c(c4)N(C(N)=O)CCC5)nc3C(=O)O)c2)c1. The number of carbonyl (C=O) groups excluding carboxylic acids is 1. The molecule has 1 aliphatic heterocycles. The smallest absolute Gasteiger partial charge is 0.355 e. The first-order chi connectivity index (χ1) is 17.9. The molecular weight excluding hydrogens is 466 g/mol. The van der Waals surface area contributed by atoms with Crippen molar-refractivity contribution in [2.45, 2.75) is 26.4 Å². The van der Waals surface area contributed by atoms with Crippen LogP contribution in [0.1, 0.15) is 33.6 Å². The number of carbonyl (C=O) groups is 2. The molecule has 0 bridgehead atoms. The van der Waals surface area contributed by atoms with Gasteiger partial charge in [-0.2, -0.15) is 0 Å². The van der Waals surface area contributed by atoms with E-state index in [4.69, 9.17) is 10.5 Å². The Labute approximate surface area is 215 Å². The van der Waals surface area contributed by atoms with E-state index in [0.29, 0.717) is 24.4 Å². The highest BCUT2D eigenvalue weighted by Gasteiger charge is 2.22. The number of hydrogen-bond acceptors (Lipinski definition) is 4. The number of nitrogens with zero attached hydrogens (tertiary/aromatic N) is 2. The Bertz CT molecular complexity index is 1500. The summed E-state index contributed by atoms with van der Waals surface area (Å²) in [7, 11) is 0. The van der Waals surface area contributed by atoms with Crippen molar-refractivity contribution >= 4 is 17.7 Å². The lowest BCUT2D eigenvalue weighted by atomic mass is 9.97. The minimum atomic E-state index is -1.12. The second-order valence-electron chi connectivity index (χ2n) is 9.14. The van der Waals surface area contributed by atoms with Crippen molar-refractivity contribution in [3.8, 4) is 28.1 Å². The van der Waals surface area contributed by atoms with Crippen LogP contribution in [0.3, 0.4) is 0 Å². The lowest BCUT2D eigenvalue weighted by molar-refractivity contribution is 0.0691. The minimum absolute atomic E-state index is 0.0428. The van der Waals surface area contributed by atoms with E-state index in [1.807, 2.05) is 73.7 Å². The second-order valence-corrected chi connectivity index (χ2v) is 9.14. The van der Waals surface area contributed by atoms with E-state index in [1.165, 1.54) is 0 Å². The van der Waals surface area contributed by atoms with Gasteiger partial charge in [0.05, 0.1) is 5.69 Å². The van der Waals surface area contributed by atoms with E-state index in [2.05, 4.69) is 4.98 Å². The zero-order chi connectivity index (χ0) is 25.9. The molecule has 0 unspecified atom stereocenters. The molecule has 0 radical (unpaired) electrons. The molecule has 1 aromatic heterocycles. The molecule has 4 aromatic rings. The Balaban J connectivity index is 1.45. The van der Waals surface area contributed by atoms with Gasteiger partial charge in [-0.15, -0.1) is 0 Å². The fraction of sp³-hybridized carbons (Fsp3) is 0.167. The molecule has 37 heavy (non-hydrogen) atoms. The number of fused-ring (bicyclic) bond motifs is 1. The predicted octanol–water partition coefficient (Wildman–Crippen LogP) is 5.83. The van der Waals surface area contributed by atoms with Gasteiger partial charge in [-0.3, -0.25) is 4.90 Å². The van der Waals surface area contributed by atoms with Crippen molar-refractivity contribution < 1.29 is 19.4 Å². The van der Waals surface area contributed by atoms with Crippen molar-refractivity contribution in [3.63, 3.8) is 0 Å². The molecule has 7 heteroatoms. The van der Waals surface area contributed by atoms with Gasteiger partial charge in [-0.1, -0.05) is 42.5 Å². The van der Waals surface area contributed by atoms with Crippen LogP contribution in [0, 0.1) is 6.92 Å². The summed E-state index contributed by atoms with van der Waals surface area (Å²) in [6.45, 7) is 2.93. The third kappa shape index (κ3) is 5.16. The largest absolute Gasteiger partial charge is 0.489 e. The molecule has 0 aliphatic carbocycles. The molecule has 3 N–H and O–H groups in total. The Morgan fingerprint density at radius 1 is 1.00 bits per heavy atom. The van der Waals surface area contributed by atoms with E-state index in [9.17, 15) is 14.7 Å². The van der Waals surface area contributed by atoms with Crippen molar-refractivity contribution in [1.82, 2.24) is 4.98 Å². The van der Waals surface area contributed by atoms with Gasteiger partial charge in [0.15, 0.2) is 5.69 Å². The van der Waals surface area contributed by atoms with Gasteiger partial charge in [-0.25, -0.2) is 14.6 Å². The minimum Gasteiger partial charge on any atom is -0.489 e. The molecule has 5 rings (SSSR count). The maximum Gasteiger partial charge on any atom is 0.355 e. The van der Waals surface area contributed by atoms with Gasteiger partial charge in [0.25, 0.3) is 0 Å². The van der Waals surface area contributed by atoms with Crippen LogP contribution >= 0.6 is 0 Å². The zero-order valence-corrected chi connectivity index (χ0v) is 20.5. The highest BCUT2D eigenvalue weighted by Crippen LogP contribution is 2.33. The molecule has 1 aliphatic rings. The van der Waals surface area contributed by atoms with Crippen LogP contribution in [0.5, 0.6) is 5.75 Å². The molecule has 2 heterocycles. The summed E-state index contributed by atoms with van der Waals surface area (Å²) in [4.78, 5) is 30.2. The average molecular weight is 494 g/mol. The van der Waals surface area contributed by atoms with E-state index < -0.39 is 12.0 Å². The van der Waals surface area contributed by atoms with Gasteiger partial charge < -0.3 is 15.6 Å². The molecule has 186 valence electrons. The summed E-state index contributed by atoms with van der Waals surface area (Å²) >= 11 is 0. The molecular formula is C30H27N3O4. The lowest BCUT2D eigenvalue weighted by Gasteiger charge is -2.28. The number of carboxylic acid groups (broad SMARTS) is 1. The van der Waals surface area contributed by atoms with Crippen LogP contribution < -0.4 is 15.4 Å². The molecule has 0 saturated heterocycles. The molecule has 2 amide bonds. The first-order valence-corrected chi connectivity index (χ1v) is 12.1. The van der Waals surface area contributed by atoms with Crippen LogP contribution in [-0.4, -0.2) is 28.6 Å². The van der Waals surface area contributed by atoms with Gasteiger partial charge in [0.2, 0.25) is 0 Å². The number of pyridine rings is 1.